The van der Waals surface area contributed by atoms with Crippen LogP contribution in [0.3, 0.4) is 0 Å². The number of anilines is 1. The Morgan fingerprint density at radius 1 is 1.17 bits per heavy atom. The van der Waals surface area contributed by atoms with Gasteiger partial charge in [0, 0.05) is 17.5 Å². The Morgan fingerprint density at radius 3 is 2.35 bits per heavy atom. The Labute approximate surface area is 137 Å². The van der Waals surface area contributed by atoms with Gasteiger partial charge in [-0.1, -0.05) is 11.8 Å². The SMILES string of the molecule is CC(C)(C)OC(=O)C1=C(C#Cc2ccc(N)cc2)C=NC1(C)C. The fourth-order valence-corrected chi connectivity index (χ4v) is 2.17. The largest absolute Gasteiger partial charge is 0.457 e. The number of esters is 1. The number of nitrogen functional groups attached to an aromatic ring is 1. The van der Waals surface area contributed by atoms with E-state index in [0.29, 0.717) is 16.8 Å². The maximum Gasteiger partial charge on any atom is 0.338 e. The lowest BCUT2D eigenvalue weighted by Gasteiger charge is -2.24. The molecule has 0 saturated carbocycles. The molecule has 0 radical (unpaired) electrons. The van der Waals surface area contributed by atoms with Gasteiger partial charge >= 0.3 is 5.97 Å². The number of hydrogen-bond donors (Lipinski definition) is 1. The molecule has 0 aromatic heterocycles. The number of hydrogen-bond acceptors (Lipinski definition) is 4. The molecule has 0 saturated heterocycles. The Balaban J connectivity index is 2.37. The summed E-state index contributed by atoms with van der Waals surface area (Å²) in [6, 6.07) is 7.26. The fraction of sp³-hybridized carbons (Fsp3) is 0.368. The number of nitrogens with two attached hydrogens (primary N) is 1. The monoisotopic (exact) mass is 310 g/mol. The summed E-state index contributed by atoms with van der Waals surface area (Å²) in [6.45, 7) is 9.28. The lowest BCUT2D eigenvalue weighted by molar-refractivity contribution is -0.150. The number of benzene rings is 1. The molecule has 0 bridgehead atoms. The van der Waals surface area contributed by atoms with Crippen LogP contribution in [0.5, 0.6) is 0 Å². The van der Waals surface area contributed by atoms with E-state index in [1.807, 2.05) is 46.8 Å². The Morgan fingerprint density at radius 2 is 1.78 bits per heavy atom. The van der Waals surface area contributed by atoms with Crippen LogP contribution in [-0.2, 0) is 9.53 Å². The third kappa shape index (κ3) is 4.23. The standard InChI is InChI=1S/C19H22N2O2/c1-18(2,3)23-17(22)16-14(12-21-19(16,4)5)9-6-13-7-10-15(20)11-8-13/h7-8,10-12H,20H2,1-5H3. The zero-order chi connectivity index (χ0) is 17.3. The van der Waals surface area contributed by atoms with Gasteiger partial charge in [0.05, 0.1) is 16.7 Å². The molecule has 0 atom stereocenters. The van der Waals surface area contributed by atoms with Crippen molar-refractivity contribution in [3.05, 3.63) is 41.0 Å². The highest BCUT2D eigenvalue weighted by Crippen LogP contribution is 2.30. The molecule has 2 N–H and O–H groups in total. The van der Waals surface area contributed by atoms with E-state index in [0.717, 1.165) is 5.56 Å². The topological polar surface area (TPSA) is 64.7 Å². The first-order valence-electron chi connectivity index (χ1n) is 7.49. The molecule has 0 fully saturated rings. The van der Waals surface area contributed by atoms with Gasteiger partial charge in [-0.2, -0.15) is 0 Å². The van der Waals surface area contributed by atoms with Crippen LogP contribution in [0.1, 0.15) is 40.2 Å². The van der Waals surface area contributed by atoms with Crippen LogP contribution < -0.4 is 5.73 Å². The number of ether oxygens (including phenoxy) is 1. The molecule has 1 aliphatic rings. The smallest absolute Gasteiger partial charge is 0.338 e. The van der Waals surface area contributed by atoms with E-state index in [-0.39, 0.29) is 5.97 Å². The third-order valence-electron chi connectivity index (χ3n) is 3.25. The fourth-order valence-electron chi connectivity index (χ4n) is 2.17. The first-order valence-corrected chi connectivity index (χ1v) is 7.49. The van der Waals surface area contributed by atoms with Crippen molar-refractivity contribution in [1.82, 2.24) is 0 Å². The number of aliphatic imine (C=N–C) groups is 1. The quantitative estimate of drug-likeness (QED) is 0.492. The Bertz CT molecular complexity index is 736. The average Bonchev–Trinajstić information content (AvgIpc) is 2.71. The minimum Gasteiger partial charge on any atom is -0.457 e. The molecule has 1 aromatic rings. The zero-order valence-electron chi connectivity index (χ0n) is 14.2. The number of rotatable bonds is 1. The maximum absolute atomic E-state index is 12.5. The maximum atomic E-state index is 12.5. The van der Waals surface area contributed by atoms with Gasteiger partial charge in [-0.05, 0) is 58.9 Å². The van der Waals surface area contributed by atoms with Crippen LogP contribution in [0.25, 0.3) is 0 Å². The van der Waals surface area contributed by atoms with Crippen molar-refractivity contribution in [3.8, 4) is 11.8 Å². The Hall–Kier alpha value is -2.54. The van der Waals surface area contributed by atoms with Gasteiger partial charge in [0.2, 0.25) is 0 Å². The van der Waals surface area contributed by atoms with E-state index in [1.54, 1.807) is 18.3 Å². The van der Waals surface area contributed by atoms with Gasteiger partial charge in [-0.15, -0.1) is 0 Å². The van der Waals surface area contributed by atoms with Gasteiger partial charge in [0.25, 0.3) is 0 Å². The number of carbonyl (C=O) groups excluding carboxylic acids is 1. The molecule has 0 aliphatic carbocycles. The normalized spacial score (nSPS) is 16.0. The molecule has 23 heavy (non-hydrogen) atoms. The van der Waals surface area contributed by atoms with Gasteiger partial charge < -0.3 is 10.5 Å². The molecule has 2 rings (SSSR count). The van der Waals surface area contributed by atoms with Gasteiger partial charge in [-0.3, -0.25) is 4.99 Å². The zero-order valence-corrected chi connectivity index (χ0v) is 14.2. The number of allylic oxidation sites excluding steroid dienone is 1. The average molecular weight is 310 g/mol. The van der Waals surface area contributed by atoms with Gasteiger partial charge in [-0.25, -0.2) is 4.79 Å². The van der Waals surface area contributed by atoms with Crippen molar-refractivity contribution in [2.75, 3.05) is 5.73 Å². The molecular formula is C19H22N2O2. The summed E-state index contributed by atoms with van der Waals surface area (Å²) in [5.74, 6) is 5.69. The van der Waals surface area contributed by atoms with E-state index >= 15 is 0 Å². The highest BCUT2D eigenvalue weighted by atomic mass is 16.6. The van der Waals surface area contributed by atoms with Crippen molar-refractivity contribution in [1.29, 1.82) is 0 Å². The Kier molecular flexibility index (Phi) is 4.33. The summed E-state index contributed by atoms with van der Waals surface area (Å²) in [4.78, 5) is 16.9. The predicted molar refractivity (Wildman–Crippen MR) is 93.2 cm³/mol. The first kappa shape index (κ1) is 16.8. The minimum absolute atomic E-state index is 0.374. The molecule has 0 spiro atoms. The van der Waals surface area contributed by atoms with Crippen LogP contribution in [0.4, 0.5) is 5.69 Å². The van der Waals surface area contributed by atoms with E-state index in [1.165, 1.54) is 0 Å². The van der Waals surface area contributed by atoms with E-state index in [9.17, 15) is 4.79 Å². The first-order chi connectivity index (χ1) is 10.6. The summed E-state index contributed by atoms with van der Waals surface area (Å²) in [5, 5.41) is 0. The summed E-state index contributed by atoms with van der Waals surface area (Å²) >= 11 is 0. The summed E-state index contributed by atoms with van der Waals surface area (Å²) in [6.07, 6.45) is 1.64. The van der Waals surface area contributed by atoms with Crippen LogP contribution in [0, 0.1) is 11.8 Å². The molecule has 0 amide bonds. The van der Waals surface area contributed by atoms with Crippen LogP contribution >= 0.6 is 0 Å². The lowest BCUT2D eigenvalue weighted by Crippen LogP contribution is -2.31. The van der Waals surface area contributed by atoms with Crippen molar-refractivity contribution in [2.24, 2.45) is 4.99 Å². The number of nitrogens with zero attached hydrogens (tertiary/aromatic N) is 1. The second-order valence-electron chi connectivity index (χ2n) is 6.98. The second kappa shape index (κ2) is 5.92. The second-order valence-corrected chi connectivity index (χ2v) is 6.98. The minimum atomic E-state index is -0.631. The van der Waals surface area contributed by atoms with Gasteiger partial charge in [0.15, 0.2) is 0 Å². The highest BCUT2D eigenvalue weighted by Gasteiger charge is 2.36. The van der Waals surface area contributed by atoms with Crippen molar-refractivity contribution in [2.45, 2.75) is 45.8 Å². The van der Waals surface area contributed by atoms with Crippen molar-refractivity contribution >= 4 is 17.9 Å². The van der Waals surface area contributed by atoms with Gasteiger partial charge in [0.1, 0.15) is 5.60 Å². The van der Waals surface area contributed by atoms with Crippen LogP contribution in [0.2, 0.25) is 0 Å². The summed E-state index contributed by atoms with van der Waals surface area (Å²) in [5.41, 5.74) is 7.08. The third-order valence-corrected chi connectivity index (χ3v) is 3.25. The van der Waals surface area contributed by atoms with Crippen LogP contribution in [-0.4, -0.2) is 23.3 Å². The number of carbonyl (C=O) groups is 1. The molecule has 1 aromatic carbocycles. The van der Waals surface area contributed by atoms with Crippen molar-refractivity contribution < 1.29 is 9.53 Å². The highest BCUT2D eigenvalue weighted by molar-refractivity contribution is 6.04. The van der Waals surface area contributed by atoms with Crippen molar-refractivity contribution in [3.63, 3.8) is 0 Å². The molecule has 4 heteroatoms. The van der Waals surface area contributed by atoms with E-state index < -0.39 is 11.1 Å². The molecule has 1 aliphatic heterocycles. The van der Waals surface area contributed by atoms with E-state index in [4.69, 9.17) is 10.5 Å². The predicted octanol–water partition coefficient (Wildman–Crippen LogP) is 3.12. The van der Waals surface area contributed by atoms with E-state index in [2.05, 4.69) is 16.8 Å². The lowest BCUT2D eigenvalue weighted by atomic mass is 9.93. The molecular weight excluding hydrogens is 288 g/mol. The molecule has 1 heterocycles. The molecule has 4 nitrogen and oxygen atoms in total. The molecule has 0 unspecified atom stereocenters. The summed E-state index contributed by atoms with van der Waals surface area (Å²) in [7, 11) is 0. The molecule has 120 valence electrons. The summed E-state index contributed by atoms with van der Waals surface area (Å²) < 4.78 is 5.49. The van der Waals surface area contributed by atoms with Crippen LogP contribution in [0.15, 0.2) is 40.4 Å².